The van der Waals surface area contributed by atoms with Crippen molar-refractivity contribution in [3.8, 4) is 28.1 Å². The molecule has 1 aromatic heterocycles. The molecule has 0 atom stereocenters. The fraction of sp³-hybridized carbons (Fsp3) is 0.0294. The number of allylic oxidation sites excluding steroid dienone is 1. The van der Waals surface area contributed by atoms with Crippen LogP contribution in [-0.2, 0) is 6.42 Å². The molecule has 178 valence electrons. The molecule has 0 spiro atoms. The quantitative estimate of drug-likeness (QED) is 0.146. The molecule has 0 fully saturated rings. The molecular formula is C34H26N2O. The maximum absolute atomic E-state index is 11.5. The SMILES string of the molecule is C=CCc1ccc(-c2ccccc2)n1/N=C/c1cccc(-c2c3ccccc3cc3ccccc23)c1O. The molecule has 0 amide bonds. The molecule has 0 saturated carbocycles. The van der Waals surface area contributed by atoms with E-state index in [-0.39, 0.29) is 5.75 Å². The molecule has 0 aliphatic rings. The van der Waals surface area contributed by atoms with E-state index in [1.54, 1.807) is 6.21 Å². The number of aromatic nitrogens is 1. The highest BCUT2D eigenvalue weighted by atomic mass is 16.3. The molecule has 6 aromatic rings. The van der Waals surface area contributed by atoms with Gasteiger partial charge in [0.25, 0.3) is 0 Å². The number of para-hydroxylation sites is 1. The summed E-state index contributed by atoms with van der Waals surface area (Å²) in [4.78, 5) is 0. The van der Waals surface area contributed by atoms with Crippen LogP contribution >= 0.6 is 0 Å². The molecular weight excluding hydrogens is 452 g/mol. The maximum atomic E-state index is 11.5. The van der Waals surface area contributed by atoms with Crippen LogP contribution < -0.4 is 0 Å². The van der Waals surface area contributed by atoms with Crippen LogP contribution in [0.2, 0.25) is 0 Å². The first-order valence-electron chi connectivity index (χ1n) is 12.4. The topological polar surface area (TPSA) is 37.5 Å². The molecule has 0 aliphatic heterocycles. The zero-order valence-corrected chi connectivity index (χ0v) is 20.4. The number of benzene rings is 5. The van der Waals surface area contributed by atoms with Gasteiger partial charge in [-0.25, -0.2) is 4.68 Å². The van der Waals surface area contributed by atoms with E-state index in [1.165, 1.54) is 0 Å². The Hall–Kier alpha value is -4.89. The van der Waals surface area contributed by atoms with Crippen molar-refractivity contribution in [2.75, 3.05) is 0 Å². The van der Waals surface area contributed by atoms with Crippen molar-refractivity contribution in [2.45, 2.75) is 6.42 Å². The first kappa shape index (κ1) is 22.6. The van der Waals surface area contributed by atoms with Gasteiger partial charge in [-0.05, 0) is 45.8 Å². The Morgan fingerprint density at radius 3 is 2.11 bits per heavy atom. The first-order valence-corrected chi connectivity index (χ1v) is 12.4. The lowest BCUT2D eigenvalue weighted by atomic mass is 9.91. The zero-order chi connectivity index (χ0) is 25.2. The summed E-state index contributed by atoms with van der Waals surface area (Å²) in [5, 5.41) is 20.9. The Morgan fingerprint density at radius 2 is 1.41 bits per heavy atom. The summed E-state index contributed by atoms with van der Waals surface area (Å²) in [6.07, 6.45) is 4.31. The molecule has 1 N–H and O–H groups in total. The summed E-state index contributed by atoms with van der Waals surface area (Å²) >= 11 is 0. The largest absolute Gasteiger partial charge is 0.507 e. The van der Waals surface area contributed by atoms with Crippen molar-refractivity contribution in [1.82, 2.24) is 4.68 Å². The van der Waals surface area contributed by atoms with Crippen molar-refractivity contribution in [1.29, 1.82) is 0 Å². The highest BCUT2D eigenvalue weighted by molar-refractivity contribution is 6.14. The van der Waals surface area contributed by atoms with Gasteiger partial charge in [0.2, 0.25) is 0 Å². The van der Waals surface area contributed by atoms with E-state index >= 15 is 0 Å². The first-order chi connectivity index (χ1) is 18.2. The molecule has 0 saturated heterocycles. The van der Waals surface area contributed by atoms with Crippen molar-refractivity contribution in [3.05, 3.63) is 139 Å². The van der Waals surface area contributed by atoms with Gasteiger partial charge in [0.1, 0.15) is 5.75 Å². The van der Waals surface area contributed by atoms with Gasteiger partial charge in [-0.15, -0.1) is 6.58 Å². The van der Waals surface area contributed by atoms with E-state index in [2.05, 4.69) is 61.2 Å². The van der Waals surface area contributed by atoms with Crippen molar-refractivity contribution in [2.24, 2.45) is 5.10 Å². The standard InChI is InChI=1S/C34H26N2O/c1-2-11-28-20-21-32(24-12-4-3-5-13-24)36(28)35-23-27-16-10-19-31(34(27)37)33-29-17-8-6-14-25(29)22-26-15-7-9-18-30(26)33/h2-10,12-23,37H,1,11H2/b35-23+. The minimum Gasteiger partial charge on any atom is -0.507 e. The summed E-state index contributed by atoms with van der Waals surface area (Å²) in [6, 6.07) is 39.0. The van der Waals surface area contributed by atoms with Gasteiger partial charge < -0.3 is 5.11 Å². The van der Waals surface area contributed by atoms with E-state index < -0.39 is 0 Å². The lowest BCUT2D eigenvalue weighted by molar-refractivity contribution is 0.476. The molecule has 1 heterocycles. The predicted molar refractivity (Wildman–Crippen MR) is 155 cm³/mol. The van der Waals surface area contributed by atoms with Crippen LogP contribution in [0.3, 0.4) is 0 Å². The van der Waals surface area contributed by atoms with Crippen LogP contribution in [0.1, 0.15) is 11.3 Å². The van der Waals surface area contributed by atoms with Crippen LogP contribution in [-0.4, -0.2) is 16.0 Å². The van der Waals surface area contributed by atoms with Crippen LogP contribution in [0.4, 0.5) is 0 Å². The number of aromatic hydroxyl groups is 1. The van der Waals surface area contributed by atoms with Crippen molar-refractivity contribution >= 4 is 27.8 Å². The normalized spacial score (nSPS) is 11.5. The Bertz CT molecular complexity index is 1720. The van der Waals surface area contributed by atoms with Crippen molar-refractivity contribution < 1.29 is 5.11 Å². The van der Waals surface area contributed by atoms with E-state index in [0.29, 0.717) is 12.0 Å². The highest BCUT2D eigenvalue weighted by Gasteiger charge is 2.15. The summed E-state index contributed by atoms with van der Waals surface area (Å²) in [5.41, 5.74) is 5.57. The molecule has 0 bridgehead atoms. The third-order valence-corrected chi connectivity index (χ3v) is 6.78. The summed E-state index contributed by atoms with van der Waals surface area (Å²) in [6.45, 7) is 3.90. The number of fused-ring (bicyclic) bond motifs is 2. The second-order valence-corrected chi connectivity index (χ2v) is 9.06. The second kappa shape index (κ2) is 9.63. The van der Waals surface area contributed by atoms with Gasteiger partial charge in [-0.2, -0.15) is 5.10 Å². The monoisotopic (exact) mass is 478 g/mol. The zero-order valence-electron chi connectivity index (χ0n) is 20.4. The van der Waals surface area contributed by atoms with Crippen LogP contribution in [0.5, 0.6) is 5.75 Å². The molecule has 37 heavy (non-hydrogen) atoms. The minimum absolute atomic E-state index is 0.214. The van der Waals surface area contributed by atoms with Crippen molar-refractivity contribution in [3.63, 3.8) is 0 Å². The van der Waals surface area contributed by atoms with Gasteiger partial charge >= 0.3 is 0 Å². The maximum Gasteiger partial charge on any atom is 0.132 e. The van der Waals surface area contributed by atoms with Crippen LogP contribution in [0.25, 0.3) is 43.9 Å². The number of nitrogens with zero attached hydrogens (tertiary/aromatic N) is 2. The van der Waals surface area contributed by atoms with Gasteiger partial charge in [-0.3, -0.25) is 0 Å². The number of phenols is 1. The lowest BCUT2D eigenvalue weighted by Crippen LogP contribution is -1.99. The number of rotatable bonds is 6. The molecule has 5 aromatic carbocycles. The predicted octanol–water partition coefficient (Wildman–Crippen LogP) is 8.44. The van der Waals surface area contributed by atoms with E-state index in [1.807, 2.05) is 71.4 Å². The lowest BCUT2D eigenvalue weighted by Gasteiger charge is -2.14. The van der Waals surface area contributed by atoms with Gasteiger partial charge in [0.15, 0.2) is 0 Å². The third-order valence-electron chi connectivity index (χ3n) is 6.78. The third kappa shape index (κ3) is 4.11. The summed E-state index contributed by atoms with van der Waals surface area (Å²) in [5.74, 6) is 0.214. The minimum atomic E-state index is 0.214. The number of phenolic OH excluding ortho intramolecular Hbond substituents is 1. The van der Waals surface area contributed by atoms with E-state index in [4.69, 9.17) is 5.10 Å². The summed E-state index contributed by atoms with van der Waals surface area (Å²) < 4.78 is 1.93. The molecule has 3 heteroatoms. The molecule has 6 rings (SSSR count). The molecule has 0 unspecified atom stereocenters. The fourth-order valence-corrected chi connectivity index (χ4v) is 5.03. The molecule has 3 nitrogen and oxygen atoms in total. The van der Waals surface area contributed by atoms with Gasteiger partial charge in [0.05, 0.1) is 11.9 Å². The molecule has 0 aliphatic carbocycles. The fourth-order valence-electron chi connectivity index (χ4n) is 5.03. The highest BCUT2D eigenvalue weighted by Crippen LogP contribution is 2.41. The Labute approximate surface area is 216 Å². The van der Waals surface area contributed by atoms with Crippen LogP contribution in [0, 0.1) is 0 Å². The Kier molecular flexibility index (Phi) is 5.88. The average molecular weight is 479 g/mol. The Balaban J connectivity index is 1.50. The smallest absolute Gasteiger partial charge is 0.132 e. The Morgan fingerprint density at radius 1 is 0.730 bits per heavy atom. The van der Waals surface area contributed by atoms with Gasteiger partial charge in [-0.1, -0.05) is 97.1 Å². The van der Waals surface area contributed by atoms with E-state index in [0.717, 1.165) is 49.6 Å². The average Bonchev–Trinajstić information content (AvgIpc) is 3.34. The van der Waals surface area contributed by atoms with Gasteiger partial charge in [0, 0.05) is 34.4 Å². The number of hydrogen-bond acceptors (Lipinski definition) is 2. The summed E-state index contributed by atoms with van der Waals surface area (Å²) in [7, 11) is 0. The van der Waals surface area contributed by atoms with Crippen LogP contribution in [0.15, 0.2) is 133 Å². The number of hydrogen-bond donors (Lipinski definition) is 1. The van der Waals surface area contributed by atoms with E-state index in [9.17, 15) is 5.11 Å². The second-order valence-electron chi connectivity index (χ2n) is 9.06. The molecule has 0 radical (unpaired) electrons.